The van der Waals surface area contributed by atoms with E-state index in [1.165, 1.54) is 0 Å². The van der Waals surface area contributed by atoms with E-state index in [2.05, 4.69) is 6.07 Å². The van der Waals surface area contributed by atoms with Gasteiger partial charge in [0.25, 0.3) is 0 Å². The van der Waals surface area contributed by atoms with Crippen molar-refractivity contribution in [3.8, 4) is 33.8 Å². The molecule has 0 amide bonds. The van der Waals surface area contributed by atoms with Crippen molar-refractivity contribution in [2.45, 2.75) is 0 Å². The topological polar surface area (TPSA) is 11.3 Å². The highest BCUT2D eigenvalue weighted by Gasteiger charge is 2.20. The van der Waals surface area contributed by atoms with Gasteiger partial charge in [-0.15, -0.1) is 0 Å². The number of hydrogen-bond donors (Lipinski definition) is 0. The maximum absolute atomic E-state index is 6.21. The number of halogens is 2. The Kier molecular flexibility index (Phi) is 4.75. The van der Waals surface area contributed by atoms with E-state index in [0.29, 0.717) is 5.02 Å². The number of rotatable bonds is 3. The van der Waals surface area contributed by atoms with Crippen molar-refractivity contribution in [1.82, 2.24) is 0 Å². The minimum atomic E-state index is 0.700. The molecule has 0 aliphatic heterocycles. The Bertz CT molecular complexity index is 960. The van der Waals surface area contributed by atoms with Gasteiger partial charge in [0.15, 0.2) is 0 Å². The minimum absolute atomic E-state index is 0.700. The predicted molar refractivity (Wildman–Crippen MR) is 109 cm³/mol. The molecule has 0 unspecified atom stereocenters. The first-order chi connectivity index (χ1) is 12.7. The first-order valence-electron chi connectivity index (χ1n) is 8.24. The molecular formula is C23H15Cl2O+. The van der Waals surface area contributed by atoms with Crippen molar-refractivity contribution in [3.63, 3.8) is 0 Å². The molecule has 3 heteroatoms. The zero-order valence-electron chi connectivity index (χ0n) is 13.8. The molecule has 0 aliphatic carbocycles. The Labute approximate surface area is 162 Å². The summed E-state index contributed by atoms with van der Waals surface area (Å²) in [7, 11) is 0. The molecule has 0 bridgehead atoms. The van der Waals surface area contributed by atoms with Crippen LogP contribution in [0.15, 0.2) is 95.4 Å². The van der Waals surface area contributed by atoms with E-state index >= 15 is 0 Å². The monoisotopic (exact) mass is 377 g/mol. The summed E-state index contributed by atoms with van der Waals surface area (Å²) >= 11 is 12.1. The number of benzene rings is 3. The fourth-order valence-corrected chi connectivity index (χ4v) is 3.06. The molecule has 0 fully saturated rings. The van der Waals surface area contributed by atoms with Crippen LogP contribution in [0.2, 0.25) is 10.0 Å². The average molecular weight is 378 g/mol. The van der Waals surface area contributed by atoms with Crippen molar-refractivity contribution in [3.05, 3.63) is 101 Å². The third-order valence-electron chi connectivity index (χ3n) is 4.16. The second-order valence-corrected chi connectivity index (χ2v) is 6.83. The summed E-state index contributed by atoms with van der Waals surface area (Å²) in [6.45, 7) is 0. The molecule has 4 aromatic rings. The first-order valence-corrected chi connectivity index (χ1v) is 9.00. The normalized spacial score (nSPS) is 10.7. The van der Waals surface area contributed by atoms with Gasteiger partial charge in [0, 0.05) is 15.6 Å². The molecule has 1 heterocycles. The summed E-state index contributed by atoms with van der Waals surface area (Å²) in [6, 6.07) is 29.6. The van der Waals surface area contributed by atoms with Gasteiger partial charge in [-0.25, -0.2) is 4.42 Å². The Hall–Kier alpha value is -2.61. The number of hydrogen-bond acceptors (Lipinski definition) is 0. The van der Waals surface area contributed by atoms with Gasteiger partial charge in [-0.3, -0.25) is 0 Å². The molecule has 0 saturated heterocycles. The van der Waals surface area contributed by atoms with Crippen LogP contribution in [0.25, 0.3) is 33.8 Å². The van der Waals surface area contributed by atoms with Crippen LogP contribution in [0, 0.1) is 0 Å². The van der Waals surface area contributed by atoms with E-state index in [-0.39, 0.29) is 0 Å². The van der Waals surface area contributed by atoms with Crippen LogP contribution >= 0.6 is 23.2 Å². The fraction of sp³-hybridized carbons (Fsp3) is 0. The molecule has 0 aliphatic rings. The van der Waals surface area contributed by atoms with Gasteiger partial charge in [0.1, 0.15) is 0 Å². The Morgan fingerprint density at radius 1 is 0.462 bits per heavy atom. The second-order valence-electron chi connectivity index (χ2n) is 5.95. The zero-order valence-corrected chi connectivity index (χ0v) is 15.3. The summed E-state index contributed by atoms with van der Waals surface area (Å²) in [6.07, 6.45) is 0. The summed E-state index contributed by atoms with van der Waals surface area (Å²) < 4.78 is 6.21. The quantitative estimate of drug-likeness (QED) is 0.330. The van der Waals surface area contributed by atoms with Gasteiger partial charge >= 0.3 is 11.5 Å². The highest BCUT2D eigenvalue weighted by Crippen LogP contribution is 2.33. The van der Waals surface area contributed by atoms with E-state index in [0.717, 1.165) is 38.8 Å². The molecule has 0 spiro atoms. The highest BCUT2D eigenvalue weighted by atomic mass is 35.5. The zero-order chi connectivity index (χ0) is 17.9. The van der Waals surface area contributed by atoms with Gasteiger partial charge in [0.05, 0.1) is 23.3 Å². The Balaban J connectivity index is 1.89. The summed E-state index contributed by atoms with van der Waals surface area (Å²) in [4.78, 5) is 0. The van der Waals surface area contributed by atoms with Crippen molar-refractivity contribution < 1.29 is 4.42 Å². The van der Waals surface area contributed by atoms with Crippen LogP contribution in [0.5, 0.6) is 0 Å². The molecule has 1 nitrogen and oxygen atoms in total. The first kappa shape index (κ1) is 16.8. The fourth-order valence-electron chi connectivity index (χ4n) is 2.81. The van der Waals surface area contributed by atoms with Gasteiger partial charge in [-0.2, -0.15) is 0 Å². The third-order valence-corrected chi connectivity index (χ3v) is 4.66. The van der Waals surface area contributed by atoms with Crippen molar-refractivity contribution >= 4 is 23.2 Å². The van der Waals surface area contributed by atoms with Crippen LogP contribution in [-0.4, -0.2) is 0 Å². The molecule has 1 aromatic heterocycles. The SMILES string of the molecule is Clc1ccc(-c2cc(-c3ccccc3)[o+]c(-c3ccc(Cl)cc3)c2)cc1. The van der Waals surface area contributed by atoms with Gasteiger partial charge in [0.2, 0.25) is 0 Å². The molecular weight excluding hydrogens is 363 g/mol. The molecule has 4 rings (SSSR count). The van der Waals surface area contributed by atoms with E-state index in [4.69, 9.17) is 27.6 Å². The van der Waals surface area contributed by atoms with E-state index in [1.807, 2.05) is 84.9 Å². The van der Waals surface area contributed by atoms with Crippen LogP contribution < -0.4 is 0 Å². The van der Waals surface area contributed by atoms with Crippen LogP contribution in [-0.2, 0) is 0 Å². The van der Waals surface area contributed by atoms with Crippen molar-refractivity contribution in [2.24, 2.45) is 0 Å². The summed E-state index contributed by atoms with van der Waals surface area (Å²) in [5, 5.41) is 1.42. The minimum Gasteiger partial charge on any atom is -0.207 e. The molecule has 126 valence electrons. The molecule has 0 atom stereocenters. The Morgan fingerprint density at radius 3 is 1.46 bits per heavy atom. The second kappa shape index (κ2) is 7.33. The predicted octanol–water partition coefficient (Wildman–Crippen LogP) is 7.87. The van der Waals surface area contributed by atoms with Crippen LogP contribution in [0.1, 0.15) is 0 Å². The maximum atomic E-state index is 6.21. The maximum Gasteiger partial charge on any atom is 0.361 e. The summed E-state index contributed by atoms with van der Waals surface area (Å²) in [5.74, 6) is 1.59. The third kappa shape index (κ3) is 3.65. The van der Waals surface area contributed by atoms with Gasteiger partial charge in [-0.05, 0) is 54.1 Å². The lowest BCUT2D eigenvalue weighted by Crippen LogP contribution is -1.86. The van der Waals surface area contributed by atoms with Gasteiger partial charge < -0.3 is 0 Å². The molecule has 0 radical (unpaired) electrons. The summed E-state index contributed by atoms with van der Waals surface area (Å²) in [5.41, 5.74) is 4.15. The largest absolute Gasteiger partial charge is 0.361 e. The molecule has 26 heavy (non-hydrogen) atoms. The standard InChI is InChI=1S/C23H15Cl2O/c24-20-10-6-16(7-11-20)19-14-22(17-4-2-1-3-5-17)26-23(15-19)18-8-12-21(25)13-9-18/h1-15H/q+1. The van der Waals surface area contributed by atoms with Crippen molar-refractivity contribution in [2.75, 3.05) is 0 Å². The lowest BCUT2D eigenvalue weighted by molar-refractivity contribution is 0.582. The molecule has 3 aromatic carbocycles. The van der Waals surface area contributed by atoms with E-state index in [9.17, 15) is 0 Å². The van der Waals surface area contributed by atoms with Gasteiger partial charge in [-0.1, -0.05) is 53.5 Å². The Morgan fingerprint density at radius 2 is 0.923 bits per heavy atom. The molecule has 0 saturated carbocycles. The van der Waals surface area contributed by atoms with Crippen LogP contribution in [0.3, 0.4) is 0 Å². The lowest BCUT2D eigenvalue weighted by atomic mass is 10.0. The van der Waals surface area contributed by atoms with E-state index < -0.39 is 0 Å². The smallest absolute Gasteiger partial charge is 0.207 e. The van der Waals surface area contributed by atoms with E-state index in [1.54, 1.807) is 0 Å². The van der Waals surface area contributed by atoms with Crippen LogP contribution in [0.4, 0.5) is 0 Å². The molecule has 0 N–H and O–H groups in total. The highest BCUT2D eigenvalue weighted by molar-refractivity contribution is 6.30. The van der Waals surface area contributed by atoms with Crippen molar-refractivity contribution in [1.29, 1.82) is 0 Å². The lowest BCUT2D eigenvalue weighted by Gasteiger charge is -2.03. The average Bonchev–Trinajstić information content (AvgIpc) is 2.69.